The fourth-order valence-corrected chi connectivity index (χ4v) is 2.49. The van der Waals surface area contributed by atoms with E-state index in [9.17, 15) is 4.79 Å². The molecule has 2 aromatic carbocycles. The molecule has 0 aliphatic rings. The Balaban J connectivity index is 1.81. The molecule has 0 aliphatic carbocycles. The number of benzene rings is 2. The Hall–Kier alpha value is -3.02. The van der Waals surface area contributed by atoms with Crippen molar-refractivity contribution >= 4 is 11.9 Å². The fraction of sp³-hybridized carbons (Fsp3) is 0.333. The topological polar surface area (TPSA) is 74.8 Å². The molecule has 0 spiro atoms. The summed E-state index contributed by atoms with van der Waals surface area (Å²) in [5.74, 6) is 1.33. The number of nitrogens with one attached hydrogen (secondary N) is 3. The maximum Gasteiger partial charge on any atom is 0.239 e. The Morgan fingerprint density at radius 1 is 1.04 bits per heavy atom. The van der Waals surface area contributed by atoms with E-state index in [1.54, 1.807) is 7.11 Å². The number of nitrogens with zero attached hydrogens (tertiary/aromatic N) is 1. The van der Waals surface area contributed by atoms with Crippen molar-refractivity contribution in [3.63, 3.8) is 0 Å². The Morgan fingerprint density at radius 3 is 2.48 bits per heavy atom. The minimum absolute atomic E-state index is 0.0908. The lowest BCUT2D eigenvalue weighted by Crippen LogP contribution is -2.43. The van der Waals surface area contributed by atoms with Gasteiger partial charge in [0.05, 0.1) is 20.2 Å². The van der Waals surface area contributed by atoms with Crippen LogP contribution in [0, 0.1) is 6.92 Å². The summed E-state index contributed by atoms with van der Waals surface area (Å²) >= 11 is 0. The second-order valence-corrected chi connectivity index (χ2v) is 6.16. The Morgan fingerprint density at radius 2 is 1.81 bits per heavy atom. The lowest BCUT2D eigenvalue weighted by Gasteiger charge is -2.12. The van der Waals surface area contributed by atoms with Crippen LogP contribution in [0.3, 0.4) is 0 Å². The minimum atomic E-state index is -0.0908. The molecule has 0 saturated carbocycles. The highest BCUT2D eigenvalue weighted by molar-refractivity contribution is 5.86. The molecule has 27 heavy (non-hydrogen) atoms. The first-order valence-electron chi connectivity index (χ1n) is 9.08. The van der Waals surface area contributed by atoms with Crippen LogP contribution in [0.25, 0.3) is 0 Å². The molecular formula is C21H28N4O2. The molecule has 2 aromatic rings. The Labute approximate surface area is 161 Å². The van der Waals surface area contributed by atoms with E-state index in [2.05, 4.69) is 40.0 Å². The number of hydrogen-bond acceptors (Lipinski definition) is 3. The van der Waals surface area contributed by atoms with Gasteiger partial charge in [0.1, 0.15) is 5.75 Å². The third-order valence-electron chi connectivity index (χ3n) is 3.91. The summed E-state index contributed by atoms with van der Waals surface area (Å²) in [6, 6.07) is 15.8. The number of amides is 1. The van der Waals surface area contributed by atoms with E-state index in [-0.39, 0.29) is 12.5 Å². The van der Waals surface area contributed by atoms with Crippen LogP contribution in [0.5, 0.6) is 5.75 Å². The smallest absolute Gasteiger partial charge is 0.239 e. The quantitative estimate of drug-likeness (QED) is 0.494. The van der Waals surface area contributed by atoms with Crippen molar-refractivity contribution in [2.24, 2.45) is 4.99 Å². The van der Waals surface area contributed by atoms with Crippen LogP contribution in [0.1, 0.15) is 23.6 Å². The van der Waals surface area contributed by atoms with Gasteiger partial charge in [0.15, 0.2) is 5.96 Å². The molecule has 0 heterocycles. The van der Waals surface area contributed by atoms with E-state index in [1.165, 1.54) is 5.56 Å². The van der Waals surface area contributed by atoms with E-state index in [0.29, 0.717) is 19.0 Å². The summed E-state index contributed by atoms with van der Waals surface area (Å²) in [6.45, 7) is 5.98. The molecule has 0 saturated heterocycles. The van der Waals surface area contributed by atoms with Crippen LogP contribution < -0.4 is 20.7 Å². The third-order valence-corrected chi connectivity index (χ3v) is 3.91. The summed E-state index contributed by atoms with van der Waals surface area (Å²) in [6.07, 6.45) is 0. The lowest BCUT2D eigenvalue weighted by molar-refractivity contribution is -0.120. The second-order valence-electron chi connectivity index (χ2n) is 6.16. The van der Waals surface area contributed by atoms with Gasteiger partial charge in [-0.25, -0.2) is 4.99 Å². The zero-order chi connectivity index (χ0) is 19.5. The maximum atomic E-state index is 12.1. The molecule has 6 heteroatoms. The largest absolute Gasteiger partial charge is 0.497 e. The molecule has 0 fully saturated rings. The monoisotopic (exact) mass is 368 g/mol. The summed E-state index contributed by atoms with van der Waals surface area (Å²) in [5.41, 5.74) is 3.36. The Bertz CT molecular complexity index is 757. The van der Waals surface area contributed by atoms with Gasteiger partial charge >= 0.3 is 0 Å². The highest BCUT2D eigenvalue weighted by Gasteiger charge is 2.04. The van der Waals surface area contributed by atoms with Crippen LogP contribution in [0.4, 0.5) is 0 Å². The summed E-state index contributed by atoms with van der Waals surface area (Å²) < 4.78 is 5.13. The highest BCUT2D eigenvalue weighted by atomic mass is 16.5. The number of carbonyl (C=O) groups excluding carboxylic acids is 1. The van der Waals surface area contributed by atoms with Crippen molar-refractivity contribution in [2.75, 3.05) is 20.2 Å². The molecule has 0 atom stereocenters. The van der Waals surface area contributed by atoms with E-state index >= 15 is 0 Å². The second kappa shape index (κ2) is 10.9. The van der Waals surface area contributed by atoms with Crippen LogP contribution in [-0.2, 0) is 17.9 Å². The van der Waals surface area contributed by atoms with Crippen molar-refractivity contribution < 1.29 is 9.53 Å². The molecule has 144 valence electrons. The molecule has 0 aromatic heterocycles. The fourth-order valence-electron chi connectivity index (χ4n) is 2.49. The van der Waals surface area contributed by atoms with Crippen molar-refractivity contribution in [1.29, 1.82) is 0 Å². The highest BCUT2D eigenvalue weighted by Crippen LogP contribution is 2.10. The van der Waals surface area contributed by atoms with Gasteiger partial charge in [-0.1, -0.05) is 42.0 Å². The molecule has 2 rings (SSSR count). The number of ether oxygens (including phenoxy) is 1. The SMILES string of the molecule is CCNC(=NCc1cccc(C)c1)NCC(=O)NCc1ccc(OC)cc1. The number of aliphatic imine (C=N–C) groups is 1. The standard InChI is InChI=1S/C21H28N4O2/c1-4-22-21(24-14-18-7-5-6-16(2)12-18)25-15-20(26)23-13-17-8-10-19(27-3)11-9-17/h5-12H,4,13-15H2,1-3H3,(H,23,26)(H2,22,24,25). The van der Waals surface area contributed by atoms with E-state index in [0.717, 1.165) is 23.4 Å². The van der Waals surface area contributed by atoms with E-state index in [4.69, 9.17) is 4.74 Å². The molecule has 3 N–H and O–H groups in total. The Kier molecular flexibility index (Phi) is 8.16. The first-order chi connectivity index (χ1) is 13.1. The normalized spacial score (nSPS) is 11.0. The van der Waals surface area contributed by atoms with Crippen molar-refractivity contribution in [3.05, 3.63) is 65.2 Å². The van der Waals surface area contributed by atoms with Crippen molar-refractivity contribution in [2.45, 2.75) is 26.9 Å². The average Bonchev–Trinajstić information content (AvgIpc) is 2.69. The van der Waals surface area contributed by atoms with Crippen molar-refractivity contribution in [1.82, 2.24) is 16.0 Å². The van der Waals surface area contributed by atoms with Gasteiger partial charge < -0.3 is 20.7 Å². The number of aryl methyl sites for hydroxylation is 1. The number of rotatable bonds is 8. The molecule has 1 amide bonds. The van der Waals surface area contributed by atoms with Gasteiger partial charge in [-0.05, 0) is 37.1 Å². The van der Waals surface area contributed by atoms with Gasteiger partial charge in [0.25, 0.3) is 0 Å². The maximum absolute atomic E-state index is 12.1. The van der Waals surface area contributed by atoms with Crippen LogP contribution in [0.15, 0.2) is 53.5 Å². The first-order valence-corrected chi connectivity index (χ1v) is 9.08. The van der Waals surface area contributed by atoms with Crippen LogP contribution in [0.2, 0.25) is 0 Å². The van der Waals surface area contributed by atoms with Crippen LogP contribution in [-0.4, -0.2) is 32.1 Å². The molecular weight excluding hydrogens is 340 g/mol. The zero-order valence-electron chi connectivity index (χ0n) is 16.2. The summed E-state index contributed by atoms with van der Waals surface area (Å²) in [5, 5.41) is 9.11. The van der Waals surface area contributed by atoms with E-state index in [1.807, 2.05) is 43.3 Å². The summed E-state index contributed by atoms with van der Waals surface area (Å²) in [4.78, 5) is 16.6. The number of guanidine groups is 1. The van der Waals surface area contributed by atoms with Gasteiger partial charge in [-0.3, -0.25) is 4.79 Å². The minimum Gasteiger partial charge on any atom is -0.497 e. The van der Waals surface area contributed by atoms with Crippen LogP contribution >= 0.6 is 0 Å². The van der Waals surface area contributed by atoms with Gasteiger partial charge in [0, 0.05) is 13.1 Å². The predicted octanol–water partition coefficient (Wildman–Crippen LogP) is 2.38. The lowest BCUT2D eigenvalue weighted by atomic mass is 10.1. The predicted molar refractivity (Wildman–Crippen MR) is 109 cm³/mol. The third kappa shape index (κ3) is 7.40. The number of hydrogen-bond donors (Lipinski definition) is 3. The summed E-state index contributed by atoms with van der Waals surface area (Å²) in [7, 11) is 1.63. The number of methoxy groups -OCH3 is 1. The van der Waals surface area contributed by atoms with Gasteiger partial charge in [-0.2, -0.15) is 0 Å². The zero-order valence-corrected chi connectivity index (χ0v) is 16.2. The first kappa shape index (κ1) is 20.3. The number of carbonyl (C=O) groups is 1. The average molecular weight is 368 g/mol. The molecule has 6 nitrogen and oxygen atoms in total. The molecule has 0 radical (unpaired) electrons. The van der Waals surface area contributed by atoms with Gasteiger partial charge in [-0.15, -0.1) is 0 Å². The molecule has 0 bridgehead atoms. The van der Waals surface area contributed by atoms with E-state index < -0.39 is 0 Å². The van der Waals surface area contributed by atoms with Crippen molar-refractivity contribution in [3.8, 4) is 5.75 Å². The molecule has 0 unspecified atom stereocenters. The van der Waals surface area contributed by atoms with Gasteiger partial charge in [0.2, 0.25) is 5.91 Å². The molecule has 0 aliphatic heterocycles.